The molecule has 0 saturated heterocycles. The summed E-state index contributed by atoms with van der Waals surface area (Å²) in [5.74, 6) is 1.09. The Morgan fingerprint density at radius 3 is 1.56 bits per heavy atom. The first-order valence-electron chi connectivity index (χ1n) is 26.5. The summed E-state index contributed by atoms with van der Waals surface area (Å²) in [5.41, 5.74) is 9.67. The van der Waals surface area contributed by atoms with Crippen molar-refractivity contribution in [1.82, 2.24) is 57.7 Å². The molecule has 80 heavy (non-hydrogen) atoms. The first-order valence-corrected chi connectivity index (χ1v) is 26.5. The molecule has 0 N–H and O–H groups in total. The van der Waals surface area contributed by atoms with Gasteiger partial charge < -0.3 is 42.6 Å². The van der Waals surface area contributed by atoms with Crippen LogP contribution in [0.4, 0.5) is 8.78 Å². The highest BCUT2D eigenvalue weighted by Gasteiger charge is 2.31. The third-order valence-corrected chi connectivity index (χ3v) is 14.5. The lowest BCUT2D eigenvalue weighted by Crippen LogP contribution is -2.45. The minimum absolute atomic E-state index is 0.0141. The van der Waals surface area contributed by atoms with E-state index in [-0.39, 0.29) is 48.6 Å². The molecule has 6 aromatic heterocycles. The number of carbonyl (C=O) groups is 3. The second-order valence-corrected chi connectivity index (χ2v) is 20.4. The lowest BCUT2D eigenvalue weighted by molar-refractivity contribution is 0.0595. The fourth-order valence-corrected chi connectivity index (χ4v) is 9.77. The van der Waals surface area contributed by atoms with E-state index in [0.717, 1.165) is 45.2 Å². The van der Waals surface area contributed by atoms with Crippen LogP contribution in [0, 0.1) is 25.5 Å². The van der Waals surface area contributed by atoms with Gasteiger partial charge in [-0.1, -0.05) is 54.6 Å². The molecule has 9 heterocycles. The Hall–Kier alpha value is -9.20. The Labute approximate surface area is 462 Å². The molecular formula is C60H64F2N12O6. The zero-order chi connectivity index (χ0) is 56.0. The van der Waals surface area contributed by atoms with Crippen molar-refractivity contribution in [2.24, 2.45) is 21.1 Å². The molecule has 0 bridgehead atoms. The van der Waals surface area contributed by atoms with Gasteiger partial charge in [-0.3, -0.25) is 28.4 Å². The Morgan fingerprint density at radius 1 is 0.537 bits per heavy atom. The van der Waals surface area contributed by atoms with Crippen molar-refractivity contribution in [3.63, 3.8) is 0 Å². The quantitative estimate of drug-likeness (QED) is 0.117. The summed E-state index contributed by atoms with van der Waals surface area (Å²) in [5, 5.41) is 13.4. The molecule has 9 aromatic rings. The molecule has 3 aliphatic heterocycles. The number of rotatable bonds is 12. The van der Waals surface area contributed by atoms with Gasteiger partial charge in [0.1, 0.15) is 37.1 Å². The van der Waals surface area contributed by atoms with Gasteiger partial charge in [-0.05, 0) is 86.0 Å². The summed E-state index contributed by atoms with van der Waals surface area (Å²) < 4.78 is 55.1. The van der Waals surface area contributed by atoms with Gasteiger partial charge in [-0.25, -0.2) is 8.78 Å². The van der Waals surface area contributed by atoms with Crippen molar-refractivity contribution >= 4 is 17.7 Å². The van der Waals surface area contributed by atoms with Crippen LogP contribution in [0.15, 0.2) is 140 Å². The van der Waals surface area contributed by atoms with Gasteiger partial charge in [0.15, 0.2) is 0 Å². The number of hydrogen-bond donors (Lipinski definition) is 0. The summed E-state index contributed by atoms with van der Waals surface area (Å²) in [6, 6.07) is 35.9. The van der Waals surface area contributed by atoms with Crippen molar-refractivity contribution in [3.05, 3.63) is 214 Å². The normalized spacial score (nSPS) is 14.4. The van der Waals surface area contributed by atoms with Gasteiger partial charge in [0.05, 0.1) is 67.5 Å². The van der Waals surface area contributed by atoms with Crippen LogP contribution in [0.5, 0.6) is 17.6 Å². The fraction of sp³-hybridized carbons (Fsp3) is 0.300. The van der Waals surface area contributed by atoms with Crippen molar-refractivity contribution in [2.45, 2.75) is 85.9 Å². The van der Waals surface area contributed by atoms with Crippen molar-refractivity contribution in [2.75, 3.05) is 13.1 Å². The largest absolute Gasteiger partial charge is 0.472 e. The number of nitrogens with zero attached hydrogens (tertiary/aromatic N) is 12. The summed E-state index contributed by atoms with van der Waals surface area (Å²) in [4.78, 5) is 43.9. The van der Waals surface area contributed by atoms with Crippen molar-refractivity contribution in [1.29, 1.82) is 0 Å². The second kappa shape index (κ2) is 23.8. The standard InChI is InChI=1S/C21H24N4O2.C20H21FN4O2.C19H19FN4O2/c1-15-9-10-19(23(15)3)21(26)24-13-18-11-20(22-25(18)12-16(24)2)27-14-17-7-5-4-6-8-17;1-14-8-16(11-23(14)2)20(26)24-6-7-25-18(12-24)10-19(22-25)27-13-15-4-3-5-17(21)9-15;1-22-6-5-15(11-22)19(25)23-7-8-24-17(12-23)10-18(21-24)26-13-14-3-2-4-16(20)9-14/h4-11,16H,12-14H2,1-3H3;3-5,8-11H,6-7,12-13H2,1-2H3;2-6,9-11H,7-8,12-13H2,1H3/t16-;;/m0../s1. The number of halogens is 2. The number of benzene rings is 3. The lowest BCUT2D eigenvalue weighted by Gasteiger charge is -2.33. The molecule has 0 radical (unpaired) electrons. The van der Waals surface area contributed by atoms with Crippen LogP contribution >= 0.6 is 0 Å². The Kier molecular flexibility index (Phi) is 16.1. The predicted molar refractivity (Wildman–Crippen MR) is 293 cm³/mol. The monoisotopic (exact) mass is 1090 g/mol. The van der Waals surface area contributed by atoms with Crippen LogP contribution in [-0.2, 0) is 80.2 Å². The van der Waals surface area contributed by atoms with Crippen LogP contribution in [0.1, 0.15) is 83.3 Å². The number of ether oxygens (including phenoxy) is 3. The smallest absolute Gasteiger partial charge is 0.271 e. The van der Waals surface area contributed by atoms with Gasteiger partial charge in [-0.15, -0.1) is 15.3 Å². The minimum atomic E-state index is -0.287. The summed E-state index contributed by atoms with van der Waals surface area (Å²) in [6.45, 7) is 11.6. The van der Waals surface area contributed by atoms with Crippen molar-refractivity contribution < 1.29 is 37.4 Å². The Morgan fingerprint density at radius 2 is 1.06 bits per heavy atom. The Bertz CT molecular complexity index is 3630. The fourth-order valence-electron chi connectivity index (χ4n) is 9.77. The maximum absolute atomic E-state index is 13.2. The van der Waals surface area contributed by atoms with E-state index in [0.29, 0.717) is 93.4 Å². The molecule has 0 unspecified atom stereocenters. The number of hydrogen-bond acceptors (Lipinski definition) is 9. The van der Waals surface area contributed by atoms with Gasteiger partial charge in [0.2, 0.25) is 17.6 Å². The summed E-state index contributed by atoms with van der Waals surface area (Å²) in [7, 11) is 5.75. The van der Waals surface area contributed by atoms with E-state index >= 15 is 0 Å². The second-order valence-electron chi connectivity index (χ2n) is 20.4. The molecule has 0 spiro atoms. The molecule has 0 fully saturated rings. The SMILES string of the molecule is Cc1cc(C(=O)N2CCn3nc(OCc4cccc(F)c4)cc3C2)cn1C.Cc1ccc(C(=O)N2Cc3cc(OCc4ccccc4)nn3C[C@@H]2C)n1C.Cn1ccc(C(=O)N2CCn3nc(OCc4cccc(F)c4)cc3C2)c1. The third kappa shape index (κ3) is 12.7. The highest BCUT2D eigenvalue weighted by atomic mass is 19.1. The van der Waals surface area contributed by atoms with E-state index in [2.05, 4.69) is 22.2 Å². The van der Waals surface area contributed by atoms with Crippen LogP contribution < -0.4 is 14.2 Å². The molecule has 0 aliphatic carbocycles. The van der Waals surface area contributed by atoms with E-state index in [9.17, 15) is 23.2 Å². The van der Waals surface area contributed by atoms with E-state index in [1.54, 1.807) is 24.3 Å². The van der Waals surface area contributed by atoms with E-state index in [1.807, 2.05) is 169 Å². The summed E-state index contributed by atoms with van der Waals surface area (Å²) >= 11 is 0. The molecule has 20 heteroatoms. The van der Waals surface area contributed by atoms with Crippen LogP contribution in [0.3, 0.4) is 0 Å². The summed E-state index contributed by atoms with van der Waals surface area (Å²) in [6.07, 6.45) is 5.54. The van der Waals surface area contributed by atoms with Crippen molar-refractivity contribution in [3.8, 4) is 17.6 Å². The van der Waals surface area contributed by atoms with E-state index < -0.39 is 0 Å². The zero-order valence-electron chi connectivity index (χ0n) is 45.7. The van der Waals surface area contributed by atoms with E-state index in [4.69, 9.17) is 14.2 Å². The lowest BCUT2D eigenvalue weighted by atomic mass is 10.2. The molecule has 414 valence electrons. The van der Waals surface area contributed by atoms with Crippen LogP contribution in [0.2, 0.25) is 0 Å². The first-order chi connectivity index (χ1) is 38.6. The van der Waals surface area contributed by atoms with Crippen LogP contribution in [-0.4, -0.2) is 94.6 Å². The molecule has 3 aromatic carbocycles. The predicted octanol–water partition coefficient (Wildman–Crippen LogP) is 8.65. The number of carbonyl (C=O) groups excluding carboxylic acids is 3. The first kappa shape index (κ1) is 54.2. The van der Waals surface area contributed by atoms with Gasteiger partial charge >= 0.3 is 0 Å². The molecule has 18 nitrogen and oxygen atoms in total. The average molecular weight is 1090 g/mol. The highest BCUT2D eigenvalue weighted by Crippen LogP contribution is 2.26. The molecule has 12 rings (SSSR count). The van der Waals surface area contributed by atoms with Crippen LogP contribution in [0.25, 0.3) is 0 Å². The van der Waals surface area contributed by atoms with Gasteiger partial charge in [0.25, 0.3) is 17.7 Å². The third-order valence-electron chi connectivity index (χ3n) is 14.5. The molecular weight excluding hydrogens is 1020 g/mol. The maximum atomic E-state index is 13.2. The number of fused-ring (bicyclic) bond motifs is 3. The molecule has 1 atom stereocenters. The molecule has 0 saturated carbocycles. The number of aromatic nitrogens is 9. The van der Waals surface area contributed by atoms with E-state index in [1.165, 1.54) is 24.3 Å². The van der Waals surface area contributed by atoms with Gasteiger partial charge in [-0.2, -0.15) is 0 Å². The highest BCUT2D eigenvalue weighted by molar-refractivity contribution is 5.95. The maximum Gasteiger partial charge on any atom is 0.271 e. The molecule has 3 aliphatic rings. The Balaban J connectivity index is 0.000000135. The topological polar surface area (TPSA) is 157 Å². The number of aryl methyl sites for hydroxylation is 4. The number of amides is 3. The van der Waals surface area contributed by atoms with Gasteiger partial charge in [0, 0.05) is 88.5 Å². The molecule has 3 amide bonds. The zero-order valence-corrected chi connectivity index (χ0v) is 45.7. The minimum Gasteiger partial charge on any atom is -0.472 e. The average Bonchev–Trinajstić information content (AvgIpc) is 4.36.